The summed E-state index contributed by atoms with van der Waals surface area (Å²) in [7, 11) is 0. The number of rotatable bonds is 14. The molecule has 184 valence electrons. The quantitative estimate of drug-likeness (QED) is 0.155. The summed E-state index contributed by atoms with van der Waals surface area (Å²) in [6.45, 7) is 9.29. The van der Waals surface area contributed by atoms with Crippen LogP contribution in [-0.2, 0) is 24.2 Å². The number of unbranched alkanes of at least 4 members (excludes halogenated alkanes) is 2. The number of thiophene rings is 3. The number of nitrogens with zero attached hydrogens (tertiary/aromatic N) is 2. The average Bonchev–Trinajstić information content (AvgIpc) is 3.64. The third-order valence-electron chi connectivity index (χ3n) is 7.13. The molecule has 0 N–H and O–H groups in total. The van der Waals surface area contributed by atoms with Crippen molar-refractivity contribution in [1.82, 2.24) is 0 Å². The zero-order valence-corrected chi connectivity index (χ0v) is 24.3. The fourth-order valence-corrected chi connectivity index (χ4v) is 8.99. The van der Waals surface area contributed by atoms with Crippen LogP contribution in [0.5, 0.6) is 0 Å². The lowest BCUT2D eigenvalue weighted by Gasteiger charge is -2.15. The molecule has 1 aliphatic heterocycles. The topological polar surface area (TPSA) is 24.7 Å². The fourth-order valence-electron chi connectivity index (χ4n) is 4.89. The Kier molecular flexibility index (Phi) is 9.75. The lowest BCUT2D eigenvalue weighted by Crippen LogP contribution is -2.03. The maximum absolute atomic E-state index is 4.79. The van der Waals surface area contributed by atoms with Crippen molar-refractivity contribution in [2.24, 2.45) is 20.6 Å². The minimum Gasteiger partial charge on any atom is -0.171 e. The van der Waals surface area contributed by atoms with Gasteiger partial charge in [0.15, 0.2) is 0 Å². The Morgan fingerprint density at radius 1 is 0.676 bits per heavy atom. The van der Waals surface area contributed by atoms with Crippen LogP contribution >= 0.6 is 34.0 Å². The molecule has 3 aromatic heterocycles. The first-order valence-electron chi connectivity index (χ1n) is 13.1. The molecule has 2 unspecified atom stereocenters. The van der Waals surface area contributed by atoms with Gasteiger partial charge < -0.3 is 0 Å². The molecule has 0 fully saturated rings. The van der Waals surface area contributed by atoms with Crippen molar-refractivity contribution in [3.05, 3.63) is 34.0 Å². The maximum Gasteiger partial charge on any atom is 0.124 e. The lowest BCUT2D eigenvalue weighted by molar-refractivity contribution is 0.450. The molecule has 2 nitrogen and oxygen atoms in total. The highest BCUT2D eigenvalue weighted by atomic mass is 32.1. The molecule has 0 bridgehead atoms. The fraction of sp³-hybridized carbons (Fsp3) is 0.571. The van der Waals surface area contributed by atoms with Crippen LogP contribution in [0.4, 0.5) is 11.4 Å². The van der Waals surface area contributed by atoms with Crippen molar-refractivity contribution >= 4 is 56.7 Å². The number of hydrogen-bond donors (Lipinski definition) is 0. The van der Waals surface area contributed by atoms with Crippen molar-refractivity contribution in [3.8, 4) is 19.5 Å². The second-order valence-corrected chi connectivity index (χ2v) is 12.9. The summed E-state index contributed by atoms with van der Waals surface area (Å²) in [6, 6.07) is 4.71. The van der Waals surface area contributed by atoms with Gasteiger partial charge in [0.2, 0.25) is 0 Å². The molecule has 0 saturated carbocycles. The van der Waals surface area contributed by atoms with E-state index in [0.29, 0.717) is 0 Å². The summed E-state index contributed by atoms with van der Waals surface area (Å²) in [6.07, 6.45) is 12.8. The molecule has 0 radical (unpaired) electrons. The van der Waals surface area contributed by atoms with Gasteiger partial charge in [-0.25, -0.2) is 0 Å². The molecule has 4 rings (SSSR count). The summed E-state index contributed by atoms with van der Waals surface area (Å²) in [5.41, 5.74) is 5.25. The zero-order valence-electron chi connectivity index (χ0n) is 21.1. The van der Waals surface area contributed by atoms with Crippen LogP contribution in [0.2, 0.25) is 0 Å². The standard InChI is InChI=1S/C28H38N2S4/c1-5-9-11-19(7-3)17-21-13-15-31-25(21)27-23-24(30-34-29-23)28(33-27)26-22(14-16-32-26)18-20(8-4)12-10-6-2/h13-16,19-20H,5-12,17-18H2,1-4H3. The van der Waals surface area contributed by atoms with Crippen LogP contribution < -0.4 is 0 Å². The van der Waals surface area contributed by atoms with Gasteiger partial charge in [-0.2, -0.15) is 8.73 Å². The van der Waals surface area contributed by atoms with E-state index in [1.807, 2.05) is 34.0 Å². The van der Waals surface area contributed by atoms with Crippen molar-refractivity contribution in [1.29, 1.82) is 0 Å². The van der Waals surface area contributed by atoms with Gasteiger partial charge in [-0.3, -0.25) is 0 Å². The maximum atomic E-state index is 4.79. The van der Waals surface area contributed by atoms with Crippen LogP contribution in [0.3, 0.4) is 0 Å². The third kappa shape index (κ3) is 5.83. The van der Waals surface area contributed by atoms with Crippen molar-refractivity contribution in [3.63, 3.8) is 0 Å². The van der Waals surface area contributed by atoms with Crippen LogP contribution in [-0.4, -0.2) is 0 Å². The SMILES string of the molecule is CCCCC(CC)Cc1ccsc1-c1sc(-c2sccc2CC(CC)CCCC)c2c1N=S=N2. The van der Waals surface area contributed by atoms with Gasteiger partial charge in [-0.15, -0.1) is 34.0 Å². The molecule has 0 aliphatic carbocycles. The van der Waals surface area contributed by atoms with Gasteiger partial charge in [0.1, 0.15) is 11.4 Å². The van der Waals surface area contributed by atoms with E-state index >= 15 is 0 Å². The van der Waals surface area contributed by atoms with E-state index in [1.54, 1.807) is 0 Å². The summed E-state index contributed by atoms with van der Waals surface area (Å²) in [5.74, 6) is 1.55. The third-order valence-corrected chi connectivity index (χ3v) is 11.1. The first kappa shape index (κ1) is 26.0. The summed E-state index contributed by atoms with van der Waals surface area (Å²) in [5, 5.41) is 4.55. The Labute approximate surface area is 221 Å². The van der Waals surface area contributed by atoms with Gasteiger partial charge in [0.25, 0.3) is 0 Å². The Morgan fingerprint density at radius 3 is 1.56 bits per heavy atom. The van der Waals surface area contributed by atoms with Gasteiger partial charge in [0, 0.05) is 9.75 Å². The van der Waals surface area contributed by atoms with Crippen molar-refractivity contribution in [2.75, 3.05) is 0 Å². The predicted molar refractivity (Wildman–Crippen MR) is 157 cm³/mol. The molecule has 3 aromatic rings. The second kappa shape index (κ2) is 12.8. The predicted octanol–water partition coefficient (Wildman–Crippen LogP) is 11.4. The van der Waals surface area contributed by atoms with Crippen LogP contribution in [0.15, 0.2) is 31.6 Å². The largest absolute Gasteiger partial charge is 0.171 e. The molecular formula is C28H38N2S4. The molecule has 2 atom stereocenters. The highest BCUT2D eigenvalue weighted by molar-refractivity contribution is 7.58. The summed E-state index contributed by atoms with van der Waals surface area (Å²) >= 11 is 7.07. The Balaban J connectivity index is 1.64. The first-order chi connectivity index (χ1) is 16.7. The second-order valence-electron chi connectivity index (χ2n) is 9.51. The highest BCUT2D eigenvalue weighted by Gasteiger charge is 2.27. The molecule has 4 heterocycles. The van der Waals surface area contributed by atoms with E-state index in [4.69, 9.17) is 8.73 Å². The van der Waals surface area contributed by atoms with Gasteiger partial charge >= 0.3 is 0 Å². The molecule has 0 aromatic carbocycles. The minimum atomic E-state index is 0.773. The van der Waals surface area contributed by atoms with Gasteiger partial charge in [-0.05, 0) is 58.7 Å². The lowest BCUT2D eigenvalue weighted by atomic mass is 9.92. The minimum absolute atomic E-state index is 0.773. The molecule has 0 saturated heterocycles. The Morgan fingerprint density at radius 2 is 1.15 bits per heavy atom. The van der Waals surface area contributed by atoms with E-state index in [9.17, 15) is 0 Å². The van der Waals surface area contributed by atoms with Crippen LogP contribution in [0.1, 0.15) is 90.2 Å². The smallest absolute Gasteiger partial charge is 0.124 e. The molecule has 0 amide bonds. The molecule has 34 heavy (non-hydrogen) atoms. The summed E-state index contributed by atoms with van der Waals surface area (Å²) < 4.78 is 9.59. The van der Waals surface area contributed by atoms with Gasteiger partial charge in [0.05, 0.1) is 21.1 Å². The normalized spacial score (nSPS) is 14.4. The van der Waals surface area contributed by atoms with E-state index in [2.05, 4.69) is 50.6 Å². The van der Waals surface area contributed by atoms with Crippen molar-refractivity contribution < 1.29 is 0 Å². The van der Waals surface area contributed by atoms with Crippen molar-refractivity contribution in [2.45, 2.75) is 91.9 Å². The molecular weight excluding hydrogens is 493 g/mol. The number of fused-ring (bicyclic) bond motifs is 1. The number of hydrogen-bond acceptors (Lipinski definition) is 5. The van der Waals surface area contributed by atoms with Crippen LogP contribution in [0.25, 0.3) is 19.5 Å². The molecule has 6 heteroatoms. The zero-order chi connectivity index (χ0) is 23.9. The average molecular weight is 531 g/mol. The monoisotopic (exact) mass is 530 g/mol. The Hall–Kier alpha value is -1.08. The van der Waals surface area contributed by atoms with E-state index < -0.39 is 0 Å². The van der Waals surface area contributed by atoms with E-state index in [0.717, 1.165) is 23.2 Å². The molecule has 1 aliphatic rings. The van der Waals surface area contributed by atoms with E-state index in [-0.39, 0.29) is 0 Å². The molecule has 0 spiro atoms. The van der Waals surface area contributed by atoms with Gasteiger partial charge in [-0.1, -0.05) is 79.1 Å². The summed E-state index contributed by atoms with van der Waals surface area (Å²) in [4.78, 5) is 5.53. The van der Waals surface area contributed by atoms with E-state index in [1.165, 1.54) is 106 Å². The van der Waals surface area contributed by atoms with Crippen LogP contribution in [0, 0.1) is 11.8 Å². The first-order valence-corrected chi connectivity index (χ1v) is 16.4. The Bertz CT molecular complexity index is 1050. The highest BCUT2D eigenvalue weighted by Crippen LogP contribution is 2.57.